The van der Waals surface area contributed by atoms with Crippen LogP contribution in [0.2, 0.25) is 0 Å². The van der Waals surface area contributed by atoms with Gasteiger partial charge in [0.05, 0.1) is 6.61 Å². The summed E-state index contributed by atoms with van der Waals surface area (Å²) in [7, 11) is 0. The molecule has 22 heavy (non-hydrogen) atoms. The molecule has 0 bridgehead atoms. The van der Waals surface area contributed by atoms with Crippen LogP contribution in [0.3, 0.4) is 0 Å². The molecule has 2 aromatic carbocycles. The summed E-state index contributed by atoms with van der Waals surface area (Å²) in [6, 6.07) is 16.0. The fourth-order valence-electron chi connectivity index (χ4n) is 2.03. The van der Waals surface area contributed by atoms with Gasteiger partial charge < -0.3 is 4.74 Å². The molecule has 0 aliphatic rings. The highest BCUT2D eigenvalue weighted by Gasteiger charge is 1.99. The molecule has 0 aliphatic carbocycles. The van der Waals surface area contributed by atoms with E-state index >= 15 is 0 Å². The topological polar surface area (TPSA) is 26.3 Å². The predicted octanol–water partition coefficient (Wildman–Crippen LogP) is 5.31. The minimum atomic E-state index is -0.470. The molecule has 2 aromatic rings. The van der Waals surface area contributed by atoms with Crippen molar-refractivity contribution in [3.63, 3.8) is 0 Å². The maximum Gasteiger partial charge on any atom is 0.245 e. The molecule has 0 heterocycles. The molecule has 0 atom stereocenters. The van der Waals surface area contributed by atoms with Crippen molar-refractivity contribution >= 4 is 22.9 Å². The first kappa shape index (κ1) is 16.3. The normalized spacial score (nSPS) is 10.8. The van der Waals surface area contributed by atoms with E-state index in [9.17, 15) is 4.79 Å². The lowest BCUT2D eigenvalue weighted by molar-refractivity contribution is -0.107. The van der Waals surface area contributed by atoms with Crippen LogP contribution in [0, 0.1) is 0 Å². The van der Waals surface area contributed by atoms with Crippen LogP contribution in [-0.2, 0) is 4.79 Å². The van der Waals surface area contributed by atoms with Crippen LogP contribution in [0.5, 0.6) is 5.75 Å². The van der Waals surface area contributed by atoms with E-state index < -0.39 is 5.24 Å². The van der Waals surface area contributed by atoms with E-state index in [4.69, 9.17) is 16.3 Å². The number of carbonyl (C=O) groups is 1. The van der Waals surface area contributed by atoms with Crippen molar-refractivity contribution in [2.45, 2.75) is 19.8 Å². The Bertz CT molecular complexity index is 627. The Morgan fingerprint density at radius 1 is 1.05 bits per heavy atom. The Labute approximate surface area is 136 Å². The number of benzene rings is 2. The van der Waals surface area contributed by atoms with Gasteiger partial charge in [0.15, 0.2) is 0 Å². The monoisotopic (exact) mass is 314 g/mol. The Morgan fingerprint density at radius 3 is 2.18 bits per heavy atom. The third kappa shape index (κ3) is 5.05. The second kappa shape index (κ2) is 8.40. The molecular formula is C19H19ClO2. The number of ether oxygens (including phenoxy) is 1. The average molecular weight is 315 g/mol. The van der Waals surface area contributed by atoms with Gasteiger partial charge in [0.1, 0.15) is 5.75 Å². The van der Waals surface area contributed by atoms with Gasteiger partial charge in [-0.25, -0.2) is 0 Å². The second-order valence-electron chi connectivity index (χ2n) is 4.99. The molecule has 0 aliphatic heterocycles. The summed E-state index contributed by atoms with van der Waals surface area (Å²) in [6.45, 7) is 2.91. The van der Waals surface area contributed by atoms with E-state index in [0.29, 0.717) is 0 Å². The van der Waals surface area contributed by atoms with Gasteiger partial charge >= 0.3 is 0 Å². The van der Waals surface area contributed by atoms with Crippen LogP contribution >= 0.6 is 11.6 Å². The summed E-state index contributed by atoms with van der Waals surface area (Å²) in [5.74, 6) is 0.900. The highest BCUT2D eigenvalue weighted by atomic mass is 35.5. The highest BCUT2D eigenvalue weighted by molar-refractivity contribution is 6.66. The average Bonchev–Trinajstić information content (AvgIpc) is 2.54. The van der Waals surface area contributed by atoms with Crippen molar-refractivity contribution in [3.05, 3.63) is 60.2 Å². The molecular weight excluding hydrogens is 296 g/mol. The zero-order chi connectivity index (χ0) is 15.8. The molecule has 0 saturated heterocycles. The number of allylic oxidation sites excluding steroid dienone is 1. The van der Waals surface area contributed by atoms with E-state index in [0.717, 1.165) is 41.9 Å². The minimum Gasteiger partial charge on any atom is -0.494 e. The van der Waals surface area contributed by atoms with Crippen LogP contribution < -0.4 is 4.74 Å². The van der Waals surface area contributed by atoms with Gasteiger partial charge in [-0.05, 0) is 52.9 Å². The molecule has 0 saturated carbocycles. The van der Waals surface area contributed by atoms with Crippen molar-refractivity contribution < 1.29 is 9.53 Å². The number of carbonyl (C=O) groups excluding carboxylic acids is 1. The molecule has 0 aromatic heterocycles. The molecule has 0 N–H and O–H groups in total. The Balaban J connectivity index is 2.03. The SMILES string of the molecule is CCCCOc1ccc(-c2ccc(C=CC(=O)Cl)cc2)cc1. The smallest absolute Gasteiger partial charge is 0.245 e. The summed E-state index contributed by atoms with van der Waals surface area (Å²) in [4.78, 5) is 10.7. The quantitative estimate of drug-likeness (QED) is 0.393. The van der Waals surface area contributed by atoms with Crippen molar-refractivity contribution in [3.8, 4) is 16.9 Å². The number of rotatable bonds is 7. The standard InChI is InChI=1S/C19H19ClO2/c1-2-3-14-22-18-11-9-17(10-12-18)16-7-4-15(5-8-16)6-13-19(20)21/h4-13H,2-3,14H2,1H3. The Kier molecular flexibility index (Phi) is 6.23. The van der Waals surface area contributed by atoms with Crippen LogP contribution in [0.15, 0.2) is 54.6 Å². The van der Waals surface area contributed by atoms with Gasteiger partial charge in [-0.1, -0.05) is 55.8 Å². The van der Waals surface area contributed by atoms with Crippen molar-refractivity contribution in [2.75, 3.05) is 6.61 Å². The lowest BCUT2D eigenvalue weighted by Crippen LogP contribution is -1.95. The third-order valence-electron chi connectivity index (χ3n) is 3.27. The van der Waals surface area contributed by atoms with Gasteiger partial charge in [-0.15, -0.1) is 0 Å². The van der Waals surface area contributed by atoms with Crippen molar-refractivity contribution in [2.24, 2.45) is 0 Å². The fourth-order valence-corrected chi connectivity index (χ4v) is 2.09. The summed E-state index contributed by atoms with van der Waals surface area (Å²) in [5.41, 5.74) is 3.19. The zero-order valence-corrected chi connectivity index (χ0v) is 13.3. The summed E-state index contributed by atoms with van der Waals surface area (Å²) < 4.78 is 5.66. The van der Waals surface area contributed by atoms with Crippen LogP contribution in [0.1, 0.15) is 25.3 Å². The van der Waals surface area contributed by atoms with Crippen LogP contribution in [0.4, 0.5) is 0 Å². The second-order valence-corrected chi connectivity index (χ2v) is 5.36. The van der Waals surface area contributed by atoms with Gasteiger partial charge in [0.25, 0.3) is 0 Å². The first-order valence-corrected chi connectivity index (χ1v) is 7.77. The summed E-state index contributed by atoms with van der Waals surface area (Å²) in [5, 5.41) is -0.470. The molecule has 2 nitrogen and oxygen atoms in total. The number of hydrogen-bond acceptors (Lipinski definition) is 2. The molecule has 0 spiro atoms. The van der Waals surface area contributed by atoms with Gasteiger partial charge in [0, 0.05) is 0 Å². The Hall–Kier alpha value is -2.06. The molecule has 0 unspecified atom stereocenters. The number of halogens is 1. The van der Waals surface area contributed by atoms with E-state index in [-0.39, 0.29) is 0 Å². The first-order chi connectivity index (χ1) is 10.7. The van der Waals surface area contributed by atoms with Crippen molar-refractivity contribution in [1.29, 1.82) is 0 Å². The molecule has 2 rings (SSSR count). The van der Waals surface area contributed by atoms with Crippen LogP contribution in [0.25, 0.3) is 17.2 Å². The number of hydrogen-bond donors (Lipinski definition) is 0. The van der Waals surface area contributed by atoms with E-state index in [1.807, 2.05) is 36.4 Å². The van der Waals surface area contributed by atoms with Gasteiger partial charge in [0.2, 0.25) is 5.24 Å². The number of unbranched alkanes of at least 4 members (excludes halogenated alkanes) is 1. The van der Waals surface area contributed by atoms with E-state index in [2.05, 4.69) is 19.1 Å². The van der Waals surface area contributed by atoms with Crippen LogP contribution in [-0.4, -0.2) is 11.8 Å². The predicted molar refractivity (Wildman–Crippen MR) is 92.2 cm³/mol. The lowest BCUT2D eigenvalue weighted by Gasteiger charge is -2.07. The molecule has 0 amide bonds. The molecule has 114 valence electrons. The largest absolute Gasteiger partial charge is 0.494 e. The first-order valence-electron chi connectivity index (χ1n) is 7.40. The maximum absolute atomic E-state index is 10.7. The lowest BCUT2D eigenvalue weighted by atomic mass is 10.0. The summed E-state index contributed by atoms with van der Waals surface area (Å²) in [6.07, 6.45) is 5.25. The van der Waals surface area contributed by atoms with E-state index in [1.165, 1.54) is 6.08 Å². The zero-order valence-electron chi connectivity index (χ0n) is 12.6. The summed E-state index contributed by atoms with van der Waals surface area (Å²) >= 11 is 5.28. The van der Waals surface area contributed by atoms with Crippen molar-refractivity contribution in [1.82, 2.24) is 0 Å². The van der Waals surface area contributed by atoms with Gasteiger partial charge in [-0.3, -0.25) is 4.79 Å². The Morgan fingerprint density at radius 2 is 1.64 bits per heavy atom. The molecule has 3 heteroatoms. The minimum absolute atomic E-state index is 0.470. The molecule has 0 radical (unpaired) electrons. The molecule has 0 fully saturated rings. The maximum atomic E-state index is 10.7. The third-order valence-corrected chi connectivity index (χ3v) is 3.40. The fraction of sp³-hybridized carbons (Fsp3) is 0.211. The highest BCUT2D eigenvalue weighted by Crippen LogP contribution is 2.23. The van der Waals surface area contributed by atoms with Gasteiger partial charge in [-0.2, -0.15) is 0 Å². The van der Waals surface area contributed by atoms with E-state index in [1.54, 1.807) is 6.08 Å².